The zero-order chi connectivity index (χ0) is 23.8. The van der Waals surface area contributed by atoms with Gasteiger partial charge in [0.15, 0.2) is 5.78 Å². The smallest absolute Gasteiger partial charge is 0.189 e. The number of allylic oxidation sites excluding steroid dienone is 1. The lowest BCUT2D eigenvalue weighted by atomic mass is 9.98. The van der Waals surface area contributed by atoms with Crippen LogP contribution in [0.4, 0.5) is 0 Å². The SMILES string of the molecule is CN(C)CCOc1ccc(-c2ccccc2O)cc1C(=O)C=Cc1ccccc1CN(C)C. The van der Waals surface area contributed by atoms with Gasteiger partial charge in [0.25, 0.3) is 0 Å². The molecule has 3 aromatic rings. The van der Waals surface area contributed by atoms with Crippen LogP contribution in [-0.2, 0) is 6.54 Å². The molecule has 0 spiro atoms. The van der Waals surface area contributed by atoms with Gasteiger partial charge < -0.3 is 19.6 Å². The fourth-order valence-electron chi connectivity index (χ4n) is 3.51. The van der Waals surface area contributed by atoms with Crippen molar-refractivity contribution in [2.75, 3.05) is 41.3 Å². The fraction of sp³-hybridized carbons (Fsp3) is 0.250. The largest absolute Gasteiger partial charge is 0.507 e. The summed E-state index contributed by atoms with van der Waals surface area (Å²) in [7, 11) is 8.00. The molecule has 3 rings (SSSR count). The molecule has 1 N–H and O–H groups in total. The highest BCUT2D eigenvalue weighted by Crippen LogP contribution is 2.32. The zero-order valence-corrected chi connectivity index (χ0v) is 19.8. The van der Waals surface area contributed by atoms with E-state index >= 15 is 0 Å². The Morgan fingerprint density at radius 2 is 1.67 bits per heavy atom. The molecular weight excluding hydrogens is 412 g/mol. The second-order valence-corrected chi connectivity index (χ2v) is 8.51. The van der Waals surface area contributed by atoms with Gasteiger partial charge in [-0.05, 0) is 69.2 Å². The normalized spacial score (nSPS) is 11.5. The maximum absolute atomic E-state index is 13.3. The Bertz CT molecular complexity index is 1120. The van der Waals surface area contributed by atoms with E-state index in [0.717, 1.165) is 29.8 Å². The first-order chi connectivity index (χ1) is 15.8. The number of rotatable bonds is 10. The van der Waals surface area contributed by atoms with Crippen LogP contribution in [0.3, 0.4) is 0 Å². The lowest BCUT2D eigenvalue weighted by Crippen LogP contribution is -2.20. The quantitative estimate of drug-likeness (QED) is 0.354. The summed E-state index contributed by atoms with van der Waals surface area (Å²) in [6.07, 6.45) is 3.45. The van der Waals surface area contributed by atoms with Crippen molar-refractivity contribution in [3.05, 3.63) is 89.5 Å². The minimum absolute atomic E-state index is 0.146. The Morgan fingerprint density at radius 3 is 2.39 bits per heavy atom. The van der Waals surface area contributed by atoms with E-state index in [2.05, 4.69) is 11.0 Å². The molecule has 5 heteroatoms. The number of carbonyl (C=O) groups is 1. The third-order valence-electron chi connectivity index (χ3n) is 5.21. The van der Waals surface area contributed by atoms with Gasteiger partial charge in [0.05, 0.1) is 5.56 Å². The summed E-state index contributed by atoms with van der Waals surface area (Å²) < 4.78 is 5.95. The van der Waals surface area contributed by atoms with E-state index in [1.165, 1.54) is 0 Å². The molecule has 0 aromatic heterocycles. The minimum atomic E-state index is -0.146. The van der Waals surface area contributed by atoms with Crippen LogP contribution in [0.5, 0.6) is 11.5 Å². The summed E-state index contributed by atoms with van der Waals surface area (Å²) in [5.74, 6) is 0.560. The molecule has 0 bridgehead atoms. The highest BCUT2D eigenvalue weighted by molar-refractivity contribution is 6.09. The molecule has 0 saturated heterocycles. The summed E-state index contributed by atoms with van der Waals surface area (Å²) >= 11 is 0. The van der Waals surface area contributed by atoms with Crippen molar-refractivity contribution in [1.82, 2.24) is 9.80 Å². The molecule has 0 saturated carbocycles. The third kappa shape index (κ3) is 6.78. The topological polar surface area (TPSA) is 53.0 Å². The van der Waals surface area contributed by atoms with Crippen LogP contribution in [0.1, 0.15) is 21.5 Å². The summed E-state index contributed by atoms with van der Waals surface area (Å²) in [4.78, 5) is 17.4. The van der Waals surface area contributed by atoms with Crippen molar-refractivity contribution in [2.45, 2.75) is 6.54 Å². The fourth-order valence-corrected chi connectivity index (χ4v) is 3.51. The van der Waals surface area contributed by atoms with Gasteiger partial charge in [0, 0.05) is 18.7 Å². The number of ketones is 1. The minimum Gasteiger partial charge on any atom is -0.507 e. The summed E-state index contributed by atoms with van der Waals surface area (Å²) in [5, 5.41) is 10.3. The Kier molecular flexibility index (Phi) is 8.41. The second kappa shape index (κ2) is 11.5. The molecule has 0 aliphatic heterocycles. The number of hydrogen-bond acceptors (Lipinski definition) is 5. The molecule has 0 heterocycles. The summed E-state index contributed by atoms with van der Waals surface area (Å²) in [6, 6.07) is 20.6. The second-order valence-electron chi connectivity index (χ2n) is 8.51. The van der Waals surface area contributed by atoms with Crippen molar-refractivity contribution >= 4 is 11.9 Å². The van der Waals surface area contributed by atoms with Gasteiger partial charge in [0.2, 0.25) is 0 Å². The van der Waals surface area contributed by atoms with Crippen LogP contribution < -0.4 is 4.74 Å². The number of hydrogen-bond donors (Lipinski definition) is 1. The number of carbonyl (C=O) groups excluding carboxylic acids is 1. The summed E-state index contributed by atoms with van der Waals surface area (Å²) in [6.45, 7) is 2.00. The van der Waals surface area contributed by atoms with E-state index in [1.54, 1.807) is 30.3 Å². The highest BCUT2D eigenvalue weighted by Gasteiger charge is 2.14. The first-order valence-electron chi connectivity index (χ1n) is 11.0. The molecular formula is C28H32N2O3. The van der Waals surface area contributed by atoms with E-state index in [4.69, 9.17) is 4.74 Å². The molecule has 5 nitrogen and oxygen atoms in total. The van der Waals surface area contributed by atoms with Crippen LogP contribution in [0.25, 0.3) is 17.2 Å². The molecule has 0 fully saturated rings. The van der Waals surface area contributed by atoms with Gasteiger partial charge in [-0.15, -0.1) is 0 Å². The Balaban J connectivity index is 1.94. The molecule has 33 heavy (non-hydrogen) atoms. The molecule has 0 radical (unpaired) electrons. The van der Waals surface area contributed by atoms with E-state index in [9.17, 15) is 9.90 Å². The van der Waals surface area contributed by atoms with E-state index in [-0.39, 0.29) is 11.5 Å². The van der Waals surface area contributed by atoms with Crippen molar-refractivity contribution in [2.24, 2.45) is 0 Å². The van der Waals surface area contributed by atoms with Crippen LogP contribution in [0, 0.1) is 0 Å². The molecule has 0 atom stereocenters. The predicted octanol–water partition coefficient (Wildman–Crippen LogP) is 4.96. The van der Waals surface area contributed by atoms with Crippen molar-refractivity contribution in [1.29, 1.82) is 0 Å². The Morgan fingerprint density at radius 1 is 0.939 bits per heavy atom. The van der Waals surface area contributed by atoms with Crippen molar-refractivity contribution < 1.29 is 14.6 Å². The van der Waals surface area contributed by atoms with E-state index in [0.29, 0.717) is 23.5 Å². The van der Waals surface area contributed by atoms with Crippen molar-refractivity contribution in [3.63, 3.8) is 0 Å². The van der Waals surface area contributed by atoms with Gasteiger partial charge in [-0.2, -0.15) is 0 Å². The van der Waals surface area contributed by atoms with Gasteiger partial charge in [0.1, 0.15) is 18.1 Å². The summed E-state index contributed by atoms with van der Waals surface area (Å²) in [5.41, 5.74) is 4.06. The van der Waals surface area contributed by atoms with Crippen LogP contribution in [0.2, 0.25) is 0 Å². The first-order valence-corrected chi connectivity index (χ1v) is 11.0. The molecule has 0 amide bonds. The van der Waals surface area contributed by atoms with E-state index < -0.39 is 0 Å². The number of aromatic hydroxyl groups is 1. The molecule has 0 aliphatic carbocycles. The third-order valence-corrected chi connectivity index (χ3v) is 5.21. The lowest BCUT2D eigenvalue weighted by molar-refractivity contribution is 0.104. The number of ether oxygens (including phenoxy) is 1. The Hall–Kier alpha value is -3.41. The van der Waals surface area contributed by atoms with Gasteiger partial charge in [-0.3, -0.25) is 4.79 Å². The molecule has 0 unspecified atom stereocenters. The first kappa shape index (κ1) is 24.2. The molecule has 3 aromatic carbocycles. The Labute approximate surface area is 196 Å². The van der Waals surface area contributed by atoms with Crippen LogP contribution in [-0.4, -0.2) is 62.0 Å². The predicted molar refractivity (Wildman–Crippen MR) is 135 cm³/mol. The average Bonchev–Trinajstić information content (AvgIpc) is 2.78. The van der Waals surface area contributed by atoms with Gasteiger partial charge >= 0.3 is 0 Å². The lowest BCUT2D eigenvalue weighted by Gasteiger charge is -2.15. The zero-order valence-electron chi connectivity index (χ0n) is 19.8. The molecule has 0 aliphatic rings. The standard InChI is InChI=1S/C28H32N2O3/c1-29(2)17-18-33-28-16-14-22(24-11-7-8-12-26(24)31)19-25(28)27(32)15-13-21-9-5-6-10-23(21)20-30(3)4/h5-16,19,31H,17-18,20H2,1-4H3. The highest BCUT2D eigenvalue weighted by atomic mass is 16.5. The maximum atomic E-state index is 13.3. The van der Waals surface area contributed by atoms with E-state index in [1.807, 2.05) is 75.6 Å². The van der Waals surface area contributed by atoms with Crippen molar-refractivity contribution in [3.8, 4) is 22.6 Å². The van der Waals surface area contributed by atoms with Crippen LogP contribution >= 0.6 is 0 Å². The molecule has 172 valence electrons. The number of benzene rings is 3. The number of nitrogens with zero attached hydrogens (tertiary/aromatic N) is 2. The van der Waals surface area contributed by atoms with Crippen LogP contribution in [0.15, 0.2) is 72.8 Å². The van der Waals surface area contributed by atoms with Gasteiger partial charge in [-0.25, -0.2) is 0 Å². The monoisotopic (exact) mass is 444 g/mol. The average molecular weight is 445 g/mol. The number of para-hydroxylation sites is 1. The number of phenolic OH excluding ortho intramolecular Hbond substituents is 1. The van der Waals surface area contributed by atoms with Gasteiger partial charge in [-0.1, -0.05) is 54.6 Å². The number of phenols is 1. The number of likely N-dealkylation sites (N-methyl/N-ethyl adjacent to an activating group) is 1. The maximum Gasteiger partial charge on any atom is 0.189 e.